The van der Waals surface area contributed by atoms with Gasteiger partial charge in [0.2, 0.25) is 24.3 Å². The van der Waals surface area contributed by atoms with Crippen molar-refractivity contribution in [3.8, 4) is 0 Å². The Kier molecular flexibility index (Phi) is 44.8. The number of unbranched alkanes of at least 4 members (excludes halogenated alkanes) is 27. The standard InChI is InChI=1S/C53H103N2O16P3/c1-4-6-8-10-12-14-16-18-20-22-27-31-35-40-51(58)68-46-48(71-52(59)41-36-32-28-23-21-19-17-15-13-11-9-7-5-2)47-70-74(66,67)69-45-44-55-50(57)39-34-30-26-24-25-29-33-38-49(56)54-43-37-42-53(60,72(3,61)62)73(63,64)65/h24,26,48,60H,4-23,25,27-47H2,1-3H3,(H,54,56)(H,55,57)(H,61,62)(H,66,67)(H2,63,64,65)/b26-24+. The first kappa shape index (κ1) is 72.0. The van der Waals surface area contributed by atoms with Gasteiger partial charge in [-0.3, -0.25) is 37.4 Å². The van der Waals surface area contributed by atoms with Crippen molar-refractivity contribution in [1.82, 2.24) is 10.6 Å². The topological polar surface area (TPSA) is 282 Å². The lowest BCUT2D eigenvalue weighted by Gasteiger charge is -2.30. The molecule has 2 amide bonds. The van der Waals surface area contributed by atoms with Crippen LogP contribution in [0.3, 0.4) is 0 Å². The van der Waals surface area contributed by atoms with Gasteiger partial charge in [0, 0.05) is 45.4 Å². The van der Waals surface area contributed by atoms with Gasteiger partial charge in [0.05, 0.1) is 13.2 Å². The number of amides is 2. The lowest BCUT2D eigenvalue weighted by molar-refractivity contribution is -0.161. The van der Waals surface area contributed by atoms with Gasteiger partial charge in [-0.05, 0) is 57.8 Å². The van der Waals surface area contributed by atoms with Gasteiger partial charge in [-0.25, -0.2) is 4.57 Å². The average molecular weight is 1120 g/mol. The third-order valence-electron chi connectivity index (χ3n) is 12.9. The number of phosphoric ester groups is 1. The Morgan fingerprint density at radius 3 is 1.36 bits per heavy atom. The largest absolute Gasteiger partial charge is 0.472 e. The maximum atomic E-state index is 12.8. The van der Waals surface area contributed by atoms with Crippen LogP contribution in [0.4, 0.5) is 0 Å². The number of ether oxygens (including phenoxy) is 2. The van der Waals surface area contributed by atoms with E-state index in [0.29, 0.717) is 51.6 Å². The highest BCUT2D eigenvalue weighted by molar-refractivity contribution is 7.74. The Morgan fingerprint density at radius 1 is 0.500 bits per heavy atom. The van der Waals surface area contributed by atoms with E-state index in [1.54, 1.807) is 0 Å². The first-order valence-electron chi connectivity index (χ1n) is 28.5. The summed E-state index contributed by atoms with van der Waals surface area (Å²) in [7, 11) is -14.5. The summed E-state index contributed by atoms with van der Waals surface area (Å²) in [5, 5.41) is 12.3. The summed E-state index contributed by atoms with van der Waals surface area (Å²) in [6, 6.07) is 0. The third-order valence-corrected chi connectivity index (χ3v) is 18.5. The van der Waals surface area contributed by atoms with Gasteiger partial charge in [-0.1, -0.05) is 180 Å². The molecule has 18 nitrogen and oxygen atoms in total. The number of allylic oxidation sites excluding steroid dienone is 2. The van der Waals surface area contributed by atoms with Gasteiger partial charge < -0.3 is 44.8 Å². The van der Waals surface area contributed by atoms with E-state index < -0.39 is 58.9 Å². The fraction of sp³-hybridized carbons (Fsp3) is 0.887. The van der Waals surface area contributed by atoms with Crippen LogP contribution in [-0.4, -0.2) is 99.2 Å². The summed E-state index contributed by atoms with van der Waals surface area (Å²) < 4.78 is 57.4. The molecular formula is C53H103N2O16P3. The number of nitrogens with one attached hydrogen (secondary N) is 2. The zero-order valence-electron chi connectivity index (χ0n) is 46.0. The van der Waals surface area contributed by atoms with E-state index in [2.05, 4.69) is 24.5 Å². The molecule has 0 spiro atoms. The van der Waals surface area contributed by atoms with Crippen LogP contribution in [0.2, 0.25) is 0 Å². The molecule has 0 saturated heterocycles. The Balaban J connectivity index is 4.56. The highest BCUT2D eigenvalue weighted by Crippen LogP contribution is 2.69. The lowest BCUT2D eigenvalue weighted by Crippen LogP contribution is -2.31. The minimum Gasteiger partial charge on any atom is -0.462 e. The molecule has 21 heteroatoms. The van der Waals surface area contributed by atoms with Crippen molar-refractivity contribution in [3.63, 3.8) is 0 Å². The minimum atomic E-state index is -5.29. The van der Waals surface area contributed by atoms with Crippen LogP contribution in [-0.2, 0) is 51.4 Å². The van der Waals surface area contributed by atoms with Gasteiger partial charge in [0.15, 0.2) is 6.10 Å². The van der Waals surface area contributed by atoms with Gasteiger partial charge in [0.1, 0.15) is 6.61 Å². The molecule has 0 aromatic rings. The summed E-state index contributed by atoms with van der Waals surface area (Å²) in [6.45, 7) is 3.88. The molecule has 0 aromatic heterocycles. The first-order chi connectivity index (χ1) is 35.3. The average Bonchev–Trinajstić information content (AvgIpc) is 3.34. The normalized spacial score (nSPS) is 14.8. The van der Waals surface area contributed by atoms with E-state index in [-0.39, 0.29) is 70.2 Å². The second-order valence-electron chi connectivity index (χ2n) is 20.0. The van der Waals surface area contributed by atoms with E-state index in [0.717, 1.165) is 38.5 Å². The summed E-state index contributed by atoms with van der Waals surface area (Å²) >= 11 is 0. The van der Waals surface area contributed by atoms with Crippen LogP contribution in [0, 0.1) is 0 Å². The molecule has 0 aliphatic carbocycles. The van der Waals surface area contributed by atoms with Crippen LogP contribution < -0.4 is 10.6 Å². The van der Waals surface area contributed by atoms with E-state index in [9.17, 15) is 57.6 Å². The van der Waals surface area contributed by atoms with Crippen molar-refractivity contribution in [2.75, 3.05) is 39.6 Å². The van der Waals surface area contributed by atoms with Crippen molar-refractivity contribution in [2.24, 2.45) is 0 Å². The summed E-state index contributed by atoms with van der Waals surface area (Å²) in [6.07, 6.45) is 36.6. The quantitative estimate of drug-likeness (QED) is 0.0129. The monoisotopic (exact) mass is 1120 g/mol. The summed E-state index contributed by atoms with van der Waals surface area (Å²) in [5.74, 6) is -1.51. The highest BCUT2D eigenvalue weighted by atomic mass is 31.2. The molecule has 0 rings (SSSR count). The van der Waals surface area contributed by atoms with Crippen molar-refractivity contribution in [1.29, 1.82) is 0 Å². The number of carbonyl (C=O) groups is 4. The number of hydrogen-bond donors (Lipinski definition) is 7. The molecule has 0 bridgehead atoms. The van der Waals surface area contributed by atoms with Crippen LogP contribution in [0.1, 0.15) is 251 Å². The molecule has 74 heavy (non-hydrogen) atoms. The van der Waals surface area contributed by atoms with Crippen molar-refractivity contribution < 1.29 is 76.1 Å². The highest BCUT2D eigenvalue weighted by Gasteiger charge is 2.56. The molecule has 0 aliphatic rings. The van der Waals surface area contributed by atoms with Crippen LogP contribution in [0.5, 0.6) is 0 Å². The Bertz CT molecular complexity index is 1600. The molecule has 436 valence electrons. The molecule has 0 radical (unpaired) electrons. The van der Waals surface area contributed by atoms with E-state index in [4.69, 9.17) is 18.5 Å². The molecule has 4 unspecified atom stereocenters. The molecular weight excluding hydrogens is 1010 g/mol. The van der Waals surface area contributed by atoms with Crippen molar-refractivity contribution >= 4 is 46.5 Å². The van der Waals surface area contributed by atoms with Gasteiger partial charge in [-0.2, -0.15) is 0 Å². The van der Waals surface area contributed by atoms with Crippen LogP contribution in [0.25, 0.3) is 0 Å². The summed E-state index contributed by atoms with van der Waals surface area (Å²) in [4.78, 5) is 88.5. The third kappa shape index (κ3) is 42.1. The number of rotatable bonds is 53. The second-order valence-corrected chi connectivity index (χ2v) is 26.1. The number of aliphatic hydroxyl groups is 1. The van der Waals surface area contributed by atoms with Crippen molar-refractivity contribution in [2.45, 2.75) is 263 Å². The number of esters is 2. The van der Waals surface area contributed by atoms with E-state index in [1.165, 1.54) is 116 Å². The molecule has 0 fully saturated rings. The fourth-order valence-electron chi connectivity index (χ4n) is 8.25. The smallest absolute Gasteiger partial charge is 0.462 e. The van der Waals surface area contributed by atoms with Gasteiger partial charge in [0.25, 0.3) is 0 Å². The lowest BCUT2D eigenvalue weighted by atomic mass is 10.0. The fourth-order valence-corrected chi connectivity index (χ4v) is 12.0. The Labute approximate surface area is 446 Å². The molecule has 0 aliphatic heterocycles. The number of phosphoric acid groups is 1. The minimum absolute atomic E-state index is 0.0288. The zero-order valence-corrected chi connectivity index (χ0v) is 48.7. The van der Waals surface area contributed by atoms with Crippen LogP contribution in [0.15, 0.2) is 12.2 Å². The Hall–Kier alpha value is -1.97. The van der Waals surface area contributed by atoms with Crippen LogP contribution >= 0.6 is 22.8 Å². The predicted molar refractivity (Wildman–Crippen MR) is 293 cm³/mol. The maximum absolute atomic E-state index is 12.8. The molecule has 0 saturated carbocycles. The maximum Gasteiger partial charge on any atom is 0.472 e. The van der Waals surface area contributed by atoms with Gasteiger partial charge in [-0.15, -0.1) is 0 Å². The molecule has 0 aromatic carbocycles. The van der Waals surface area contributed by atoms with E-state index in [1.807, 2.05) is 12.2 Å². The zero-order chi connectivity index (χ0) is 55.2. The van der Waals surface area contributed by atoms with Gasteiger partial charge >= 0.3 is 27.4 Å². The SMILES string of the molecule is CCCCCCCCCCCCCCCC(=O)OCC(COP(=O)(O)OCCNC(=O)CCC/C=C/CCCCC(=O)NCCCC(O)(P(C)(=O)O)P(=O)(O)O)OC(=O)CCCCCCCCCCCCCCC. The number of hydrogen-bond acceptors (Lipinski definition) is 12. The molecule has 4 atom stereocenters. The van der Waals surface area contributed by atoms with Crippen molar-refractivity contribution in [3.05, 3.63) is 12.2 Å². The molecule has 7 N–H and O–H groups in total. The predicted octanol–water partition coefficient (Wildman–Crippen LogP) is 12.6. The van der Waals surface area contributed by atoms with E-state index >= 15 is 0 Å². The second kappa shape index (κ2) is 46.0. The number of carbonyl (C=O) groups excluding carboxylic acids is 4. The Morgan fingerprint density at radius 2 is 0.905 bits per heavy atom. The molecule has 0 heterocycles. The first-order valence-corrected chi connectivity index (χ1v) is 33.7. The summed E-state index contributed by atoms with van der Waals surface area (Å²) in [5.41, 5.74) is 0.